The molecule has 2 aliphatic rings. The van der Waals surface area contributed by atoms with Gasteiger partial charge in [-0.25, -0.2) is 0 Å². The Bertz CT molecular complexity index is 905. The first-order chi connectivity index (χ1) is 13.6. The SMILES string of the molecule is Cl.NC1CCC(C(=O)Nc2ccccc2C(=O)Nc2ccc3c(c2)OCCO3)C1. The van der Waals surface area contributed by atoms with Crippen molar-refractivity contribution in [2.75, 3.05) is 23.8 Å². The summed E-state index contributed by atoms with van der Waals surface area (Å²) in [5.41, 5.74) is 7.39. The summed E-state index contributed by atoms with van der Waals surface area (Å²) >= 11 is 0. The number of hydrogen-bond acceptors (Lipinski definition) is 5. The Morgan fingerprint density at radius 1 is 0.966 bits per heavy atom. The standard InChI is InChI=1S/C21H23N3O4.ClH/c22-14-6-5-13(11-14)20(25)24-17-4-2-1-3-16(17)21(26)23-15-7-8-18-19(12-15)28-10-9-27-18;/h1-4,7-8,12-14H,5-6,9-11,22H2,(H,23,26)(H,24,25);1H. The predicted octanol–water partition coefficient (Wildman–Crippen LogP) is 3.20. The van der Waals surface area contributed by atoms with Crippen LogP contribution in [0.3, 0.4) is 0 Å². The van der Waals surface area contributed by atoms with Gasteiger partial charge in [0.2, 0.25) is 5.91 Å². The number of ether oxygens (including phenoxy) is 2. The molecule has 0 radical (unpaired) electrons. The van der Waals surface area contributed by atoms with E-state index in [2.05, 4.69) is 10.6 Å². The van der Waals surface area contributed by atoms with Gasteiger partial charge in [-0.2, -0.15) is 0 Å². The number of nitrogens with two attached hydrogens (primary N) is 1. The van der Waals surface area contributed by atoms with Gasteiger partial charge in [0.05, 0.1) is 11.3 Å². The van der Waals surface area contributed by atoms with Crippen molar-refractivity contribution in [1.29, 1.82) is 0 Å². The van der Waals surface area contributed by atoms with Crippen LogP contribution in [0.2, 0.25) is 0 Å². The van der Waals surface area contributed by atoms with Crippen molar-refractivity contribution in [2.45, 2.75) is 25.3 Å². The Balaban J connectivity index is 0.00000240. The highest BCUT2D eigenvalue weighted by Crippen LogP contribution is 2.33. The zero-order valence-electron chi connectivity index (χ0n) is 15.9. The predicted molar refractivity (Wildman–Crippen MR) is 113 cm³/mol. The van der Waals surface area contributed by atoms with E-state index >= 15 is 0 Å². The Morgan fingerprint density at radius 2 is 1.72 bits per heavy atom. The Labute approximate surface area is 175 Å². The van der Waals surface area contributed by atoms with Crippen LogP contribution < -0.4 is 25.8 Å². The minimum absolute atomic E-state index is 0. The molecule has 7 nitrogen and oxygen atoms in total. The number of fused-ring (bicyclic) bond motifs is 1. The van der Waals surface area contributed by atoms with Gasteiger partial charge in [0, 0.05) is 23.7 Å². The molecular weight excluding hydrogens is 394 g/mol. The van der Waals surface area contributed by atoms with Crippen molar-refractivity contribution in [3.8, 4) is 11.5 Å². The molecule has 0 spiro atoms. The van der Waals surface area contributed by atoms with Crippen LogP contribution in [-0.4, -0.2) is 31.1 Å². The van der Waals surface area contributed by atoms with Crippen molar-refractivity contribution in [1.82, 2.24) is 0 Å². The summed E-state index contributed by atoms with van der Waals surface area (Å²) in [5, 5.41) is 5.74. The largest absolute Gasteiger partial charge is 0.486 e. The van der Waals surface area contributed by atoms with Crippen molar-refractivity contribution in [3.63, 3.8) is 0 Å². The molecule has 29 heavy (non-hydrogen) atoms. The van der Waals surface area contributed by atoms with Gasteiger partial charge in [-0.1, -0.05) is 12.1 Å². The van der Waals surface area contributed by atoms with Crippen molar-refractivity contribution < 1.29 is 19.1 Å². The van der Waals surface area contributed by atoms with Gasteiger partial charge in [-0.15, -0.1) is 12.4 Å². The average molecular weight is 418 g/mol. The zero-order valence-corrected chi connectivity index (χ0v) is 16.7. The topological polar surface area (TPSA) is 103 Å². The summed E-state index contributed by atoms with van der Waals surface area (Å²) < 4.78 is 11.0. The van der Waals surface area contributed by atoms with E-state index in [1.54, 1.807) is 42.5 Å². The Hall–Kier alpha value is -2.77. The maximum atomic E-state index is 12.8. The van der Waals surface area contributed by atoms with Crippen molar-refractivity contribution in [3.05, 3.63) is 48.0 Å². The fourth-order valence-electron chi connectivity index (χ4n) is 3.60. The first-order valence-corrected chi connectivity index (χ1v) is 9.46. The van der Waals surface area contributed by atoms with Gasteiger partial charge < -0.3 is 25.8 Å². The molecular formula is C21H24ClN3O4. The maximum Gasteiger partial charge on any atom is 0.257 e. The maximum absolute atomic E-state index is 12.8. The van der Waals surface area contributed by atoms with Gasteiger partial charge in [0.25, 0.3) is 5.91 Å². The molecule has 1 saturated carbocycles. The normalized spacial score (nSPS) is 19.8. The molecule has 4 N–H and O–H groups in total. The fourth-order valence-corrected chi connectivity index (χ4v) is 3.60. The quantitative estimate of drug-likeness (QED) is 0.708. The number of para-hydroxylation sites is 1. The van der Waals surface area contributed by atoms with E-state index in [4.69, 9.17) is 15.2 Å². The second-order valence-corrected chi connectivity index (χ2v) is 7.12. The summed E-state index contributed by atoms with van der Waals surface area (Å²) in [7, 11) is 0. The molecule has 2 atom stereocenters. The van der Waals surface area contributed by atoms with E-state index in [-0.39, 0.29) is 36.2 Å². The second-order valence-electron chi connectivity index (χ2n) is 7.12. The smallest absolute Gasteiger partial charge is 0.257 e. The highest BCUT2D eigenvalue weighted by atomic mass is 35.5. The van der Waals surface area contributed by atoms with E-state index in [1.165, 1.54) is 0 Å². The summed E-state index contributed by atoms with van der Waals surface area (Å²) in [6.45, 7) is 0.988. The molecule has 2 aromatic carbocycles. The first kappa shape index (κ1) is 21.0. The molecule has 2 amide bonds. The highest BCUT2D eigenvalue weighted by molar-refractivity contribution is 6.10. The van der Waals surface area contributed by atoms with Gasteiger partial charge in [-0.3, -0.25) is 9.59 Å². The first-order valence-electron chi connectivity index (χ1n) is 9.46. The number of hydrogen-bond donors (Lipinski definition) is 3. The summed E-state index contributed by atoms with van der Waals surface area (Å²) in [6, 6.07) is 12.3. The average Bonchev–Trinajstić information content (AvgIpc) is 3.15. The van der Waals surface area contributed by atoms with Crippen LogP contribution in [-0.2, 0) is 4.79 Å². The lowest BCUT2D eigenvalue weighted by Gasteiger charge is -2.19. The van der Waals surface area contributed by atoms with E-state index in [0.29, 0.717) is 48.1 Å². The number of anilines is 2. The Morgan fingerprint density at radius 3 is 2.48 bits per heavy atom. The summed E-state index contributed by atoms with van der Waals surface area (Å²) in [5.74, 6) is 0.752. The molecule has 8 heteroatoms. The molecule has 0 aromatic heterocycles. The number of nitrogens with one attached hydrogen (secondary N) is 2. The second kappa shape index (κ2) is 9.15. The van der Waals surface area contributed by atoms with E-state index in [0.717, 1.165) is 12.8 Å². The number of amides is 2. The van der Waals surface area contributed by atoms with Gasteiger partial charge in [0.15, 0.2) is 11.5 Å². The third kappa shape index (κ3) is 4.81. The molecule has 1 heterocycles. The van der Waals surface area contributed by atoms with Crippen LogP contribution in [0.4, 0.5) is 11.4 Å². The van der Waals surface area contributed by atoms with E-state index < -0.39 is 0 Å². The van der Waals surface area contributed by atoms with Gasteiger partial charge >= 0.3 is 0 Å². The Kier molecular flexibility index (Phi) is 6.61. The van der Waals surface area contributed by atoms with Crippen LogP contribution in [0, 0.1) is 5.92 Å². The number of halogens is 1. The molecule has 1 aliphatic carbocycles. The molecule has 2 aromatic rings. The van der Waals surface area contributed by atoms with Crippen LogP contribution in [0.1, 0.15) is 29.6 Å². The van der Waals surface area contributed by atoms with Gasteiger partial charge in [0.1, 0.15) is 13.2 Å². The van der Waals surface area contributed by atoms with Gasteiger partial charge in [-0.05, 0) is 43.5 Å². The third-order valence-corrected chi connectivity index (χ3v) is 5.07. The summed E-state index contributed by atoms with van der Waals surface area (Å²) in [4.78, 5) is 25.3. The number of benzene rings is 2. The molecule has 0 saturated heterocycles. The lowest BCUT2D eigenvalue weighted by Crippen LogP contribution is -2.24. The molecule has 154 valence electrons. The molecule has 1 aliphatic heterocycles. The number of carbonyl (C=O) groups is 2. The van der Waals surface area contributed by atoms with Crippen LogP contribution in [0.5, 0.6) is 11.5 Å². The van der Waals surface area contributed by atoms with Crippen molar-refractivity contribution in [2.24, 2.45) is 11.7 Å². The third-order valence-electron chi connectivity index (χ3n) is 5.07. The fraction of sp³-hybridized carbons (Fsp3) is 0.333. The van der Waals surface area contributed by atoms with E-state index in [1.807, 2.05) is 0 Å². The highest BCUT2D eigenvalue weighted by Gasteiger charge is 2.28. The minimum Gasteiger partial charge on any atom is -0.486 e. The van der Waals surface area contributed by atoms with Crippen molar-refractivity contribution >= 4 is 35.6 Å². The lowest BCUT2D eigenvalue weighted by molar-refractivity contribution is -0.119. The number of rotatable bonds is 4. The lowest BCUT2D eigenvalue weighted by atomic mass is 10.1. The zero-order chi connectivity index (χ0) is 19.5. The molecule has 1 fully saturated rings. The van der Waals surface area contributed by atoms with Crippen LogP contribution >= 0.6 is 12.4 Å². The summed E-state index contributed by atoms with van der Waals surface area (Å²) in [6.07, 6.45) is 2.31. The molecule has 2 unspecified atom stereocenters. The van der Waals surface area contributed by atoms with Crippen LogP contribution in [0.15, 0.2) is 42.5 Å². The van der Waals surface area contributed by atoms with Crippen LogP contribution in [0.25, 0.3) is 0 Å². The molecule has 4 rings (SSSR count). The number of carbonyl (C=O) groups excluding carboxylic acids is 2. The molecule has 0 bridgehead atoms. The minimum atomic E-state index is -0.310. The van der Waals surface area contributed by atoms with E-state index in [9.17, 15) is 9.59 Å². The monoisotopic (exact) mass is 417 g/mol.